The average Bonchev–Trinajstić information content (AvgIpc) is 2.47. The van der Waals surface area contributed by atoms with Crippen molar-refractivity contribution in [1.29, 1.82) is 0 Å². The third-order valence-corrected chi connectivity index (χ3v) is 5.82. The lowest BCUT2D eigenvalue weighted by molar-refractivity contribution is 0.588. The smallest absolute Gasteiger partial charge is 0.240 e. The maximum Gasteiger partial charge on any atom is 0.240 e. The molecular formula is C14H15ClN2O2S2. The van der Waals surface area contributed by atoms with Crippen LogP contribution in [0.2, 0.25) is 5.02 Å². The molecule has 21 heavy (non-hydrogen) atoms. The van der Waals surface area contributed by atoms with Gasteiger partial charge in [-0.25, -0.2) is 13.1 Å². The first kappa shape index (κ1) is 16.2. The van der Waals surface area contributed by atoms with E-state index in [1.54, 1.807) is 6.07 Å². The van der Waals surface area contributed by atoms with Gasteiger partial charge in [-0.05, 0) is 36.9 Å². The van der Waals surface area contributed by atoms with Crippen LogP contribution in [0.1, 0.15) is 5.56 Å². The Morgan fingerprint density at radius 2 is 1.95 bits per heavy atom. The van der Waals surface area contributed by atoms with Gasteiger partial charge >= 0.3 is 0 Å². The van der Waals surface area contributed by atoms with E-state index >= 15 is 0 Å². The van der Waals surface area contributed by atoms with Gasteiger partial charge in [-0.2, -0.15) is 0 Å². The van der Waals surface area contributed by atoms with Crippen LogP contribution in [0, 0.1) is 0 Å². The van der Waals surface area contributed by atoms with Crippen LogP contribution < -0.4 is 10.5 Å². The predicted octanol–water partition coefficient (Wildman–Crippen LogP) is 3.12. The zero-order valence-corrected chi connectivity index (χ0v) is 13.7. The molecule has 0 unspecified atom stereocenters. The third kappa shape index (κ3) is 3.91. The third-order valence-electron chi connectivity index (χ3n) is 2.90. The minimum absolute atomic E-state index is 0.157. The molecule has 0 aromatic heterocycles. The molecule has 0 aliphatic carbocycles. The van der Waals surface area contributed by atoms with Gasteiger partial charge in [0.05, 0.1) is 4.90 Å². The fourth-order valence-electron chi connectivity index (χ4n) is 1.71. The molecule has 0 bridgehead atoms. The van der Waals surface area contributed by atoms with Crippen molar-refractivity contribution in [3.63, 3.8) is 0 Å². The minimum atomic E-state index is -3.47. The molecule has 2 aromatic carbocycles. The quantitative estimate of drug-likeness (QED) is 0.647. The molecule has 0 radical (unpaired) electrons. The number of sulfonamides is 1. The molecular weight excluding hydrogens is 328 g/mol. The summed E-state index contributed by atoms with van der Waals surface area (Å²) in [7, 11) is -2.10. The van der Waals surface area contributed by atoms with Gasteiger partial charge in [0, 0.05) is 21.4 Å². The fourth-order valence-corrected chi connectivity index (χ4v) is 3.71. The zero-order chi connectivity index (χ0) is 15.5. The van der Waals surface area contributed by atoms with Gasteiger partial charge in [0.1, 0.15) is 0 Å². The highest BCUT2D eigenvalue weighted by atomic mass is 35.5. The maximum atomic E-state index is 11.7. The number of nitrogens with two attached hydrogens (primary N) is 1. The van der Waals surface area contributed by atoms with Crippen LogP contribution >= 0.6 is 23.4 Å². The molecule has 0 heterocycles. The van der Waals surface area contributed by atoms with E-state index in [-0.39, 0.29) is 4.90 Å². The van der Waals surface area contributed by atoms with Gasteiger partial charge in [0.2, 0.25) is 10.0 Å². The topological polar surface area (TPSA) is 72.2 Å². The molecule has 2 rings (SSSR count). The van der Waals surface area contributed by atoms with Crippen molar-refractivity contribution in [3.05, 3.63) is 53.1 Å². The largest absolute Gasteiger partial charge is 0.398 e. The highest BCUT2D eigenvalue weighted by Gasteiger charge is 2.13. The van der Waals surface area contributed by atoms with Crippen LogP contribution in [-0.4, -0.2) is 15.5 Å². The Labute approximate surface area is 133 Å². The second-order valence-electron chi connectivity index (χ2n) is 4.29. The molecule has 0 amide bonds. The molecule has 7 heteroatoms. The lowest BCUT2D eigenvalue weighted by Crippen LogP contribution is -2.18. The van der Waals surface area contributed by atoms with Crippen LogP contribution in [0.3, 0.4) is 0 Å². The van der Waals surface area contributed by atoms with Gasteiger partial charge in [-0.3, -0.25) is 0 Å². The highest BCUT2D eigenvalue weighted by molar-refractivity contribution is 7.98. The van der Waals surface area contributed by atoms with Crippen molar-refractivity contribution >= 4 is 39.1 Å². The van der Waals surface area contributed by atoms with Crippen LogP contribution in [0.4, 0.5) is 5.69 Å². The lowest BCUT2D eigenvalue weighted by atomic mass is 10.2. The van der Waals surface area contributed by atoms with Crippen molar-refractivity contribution in [1.82, 2.24) is 4.72 Å². The number of anilines is 1. The van der Waals surface area contributed by atoms with E-state index < -0.39 is 10.0 Å². The first-order valence-corrected chi connectivity index (χ1v) is 8.98. The molecule has 0 saturated heterocycles. The Hall–Kier alpha value is -1.21. The number of nitrogen functional groups attached to an aromatic ring is 1. The van der Waals surface area contributed by atoms with Crippen LogP contribution in [-0.2, 0) is 15.8 Å². The summed E-state index contributed by atoms with van der Waals surface area (Å²) < 4.78 is 25.7. The van der Waals surface area contributed by atoms with E-state index in [1.807, 2.05) is 24.3 Å². The number of hydrogen-bond acceptors (Lipinski definition) is 4. The summed E-state index contributed by atoms with van der Waals surface area (Å²) in [4.78, 5) is 0.981. The van der Waals surface area contributed by atoms with Crippen molar-refractivity contribution < 1.29 is 8.42 Å². The van der Waals surface area contributed by atoms with Gasteiger partial charge in [-0.15, -0.1) is 11.8 Å². The fraction of sp³-hybridized carbons (Fsp3) is 0.143. The Morgan fingerprint density at radius 1 is 1.24 bits per heavy atom. The summed E-state index contributed by atoms with van der Waals surface area (Å²) in [5.41, 5.74) is 7.37. The molecule has 0 saturated carbocycles. The second kappa shape index (κ2) is 6.70. The zero-order valence-electron chi connectivity index (χ0n) is 11.3. The number of rotatable bonds is 5. The molecule has 0 fully saturated rings. The Kier molecular flexibility index (Phi) is 5.16. The molecule has 3 N–H and O–H groups in total. The van der Waals surface area contributed by atoms with E-state index in [1.165, 1.54) is 30.9 Å². The predicted molar refractivity (Wildman–Crippen MR) is 88.1 cm³/mol. The average molecular weight is 343 g/mol. The van der Waals surface area contributed by atoms with Crippen molar-refractivity contribution in [2.75, 3.05) is 12.8 Å². The maximum absolute atomic E-state index is 11.7. The van der Waals surface area contributed by atoms with E-state index in [0.29, 0.717) is 16.5 Å². The first-order valence-electron chi connectivity index (χ1n) is 6.13. The van der Waals surface area contributed by atoms with E-state index in [2.05, 4.69) is 4.72 Å². The second-order valence-corrected chi connectivity index (χ2v) is 7.60. The summed E-state index contributed by atoms with van der Waals surface area (Å²) in [6.07, 6.45) is 0. The van der Waals surface area contributed by atoms with Gasteiger partial charge < -0.3 is 5.73 Å². The normalized spacial score (nSPS) is 11.5. The summed E-state index contributed by atoms with van der Waals surface area (Å²) in [6, 6.07) is 12.3. The van der Waals surface area contributed by atoms with Crippen molar-refractivity contribution in [2.24, 2.45) is 0 Å². The highest BCUT2D eigenvalue weighted by Crippen LogP contribution is 2.31. The standard InChI is InChI=1S/C14H15ClN2O2S2/c1-17-21(18,19)11-6-7-14(13(16)8-11)20-9-10-4-2-3-5-12(10)15/h2-8,17H,9,16H2,1H3. The molecule has 0 aliphatic rings. The van der Waals surface area contributed by atoms with Gasteiger partial charge in [0.25, 0.3) is 0 Å². The minimum Gasteiger partial charge on any atom is -0.398 e. The molecule has 4 nitrogen and oxygen atoms in total. The molecule has 0 spiro atoms. The Balaban J connectivity index is 2.17. The van der Waals surface area contributed by atoms with E-state index in [0.717, 1.165) is 10.5 Å². The van der Waals surface area contributed by atoms with Crippen LogP contribution in [0.25, 0.3) is 0 Å². The van der Waals surface area contributed by atoms with Crippen LogP contribution in [0.5, 0.6) is 0 Å². The first-order chi connectivity index (χ1) is 9.94. The van der Waals surface area contributed by atoms with Crippen molar-refractivity contribution in [2.45, 2.75) is 15.5 Å². The summed E-state index contributed by atoms with van der Waals surface area (Å²) in [5.74, 6) is 0.669. The SMILES string of the molecule is CNS(=O)(=O)c1ccc(SCc2ccccc2Cl)c(N)c1. The number of benzene rings is 2. The van der Waals surface area contributed by atoms with Gasteiger partial charge in [0.15, 0.2) is 0 Å². The van der Waals surface area contributed by atoms with Gasteiger partial charge in [-0.1, -0.05) is 29.8 Å². The van der Waals surface area contributed by atoms with Crippen molar-refractivity contribution in [3.8, 4) is 0 Å². The number of hydrogen-bond donors (Lipinski definition) is 2. The summed E-state index contributed by atoms with van der Waals surface area (Å²) in [5, 5.41) is 0.706. The summed E-state index contributed by atoms with van der Waals surface area (Å²) >= 11 is 7.62. The molecule has 112 valence electrons. The molecule has 0 aliphatic heterocycles. The number of thioether (sulfide) groups is 1. The van der Waals surface area contributed by atoms with Crippen LogP contribution in [0.15, 0.2) is 52.3 Å². The number of nitrogens with one attached hydrogen (secondary N) is 1. The monoisotopic (exact) mass is 342 g/mol. The number of halogens is 1. The molecule has 2 aromatic rings. The Morgan fingerprint density at radius 3 is 2.57 bits per heavy atom. The summed E-state index contributed by atoms with van der Waals surface area (Å²) in [6.45, 7) is 0. The van der Waals surface area contributed by atoms with E-state index in [9.17, 15) is 8.42 Å². The Bertz CT molecular complexity index is 748. The molecule has 0 atom stereocenters. The van der Waals surface area contributed by atoms with E-state index in [4.69, 9.17) is 17.3 Å². The lowest BCUT2D eigenvalue weighted by Gasteiger charge is -2.09.